The summed E-state index contributed by atoms with van der Waals surface area (Å²) in [6.45, 7) is 8.07. The van der Waals surface area contributed by atoms with Gasteiger partial charge < -0.3 is 5.11 Å². The molecule has 2 aliphatic rings. The molecule has 0 bridgehead atoms. The first kappa shape index (κ1) is 15.2. The third-order valence-corrected chi connectivity index (χ3v) is 4.60. The number of hydrogen-bond acceptors (Lipinski definition) is 3. The summed E-state index contributed by atoms with van der Waals surface area (Å²) in [6.07, 6.45) is 2.47. The highest BCUT2D eigenvalue weighted by Gasteiger charge is 2.42. The molecule has 3 nitrogen and oxygen atoms in total. The van der Waals surface area contributed by atoms with Crippen molar-refractivity contribution in [1.82, 2.24) is 0 Å². The van der Waals surface area contributed by atoms with Crippen molar-refractivity contribution in [3.05, 3.63) is 22.8 Å². The van der Waals surface area contributed by atoms with E-state index < -0.39 is 6.10 Å². The summed E-state index contributed by atoms with van der Waals surface area (Å²) in [5.41, 5.74) is 2.77. The Hall–Kier alpha value is -1.22. The van der Waals surface area contributed by atoms with Gasteiger partial charge in [0, 0.05) is 17.4 Å². The van der Waals surface area contributed by atoms with Crippen molar-refractivity contribution < 1.29 is 14.7 Å². The Bertz CT molecular complexity index is 496. The minimum absolute atomic E-state index is 0.0132. The largest absolute Gasteiger partial charge is 0.388 e. The Morgan fingerprint density at radius 1 is 1.15 bits per heavy atom. The molecule has 0 heterocycles. The van der Waals surface area contributed by atoms with Crippen LogP contribution in [0.1, 0.15) is 47.0 Å². The van der Waals surface area contributed by atoms with Gasteiger partial charge in [0.05, 0.1) is 6.10 Å². The maximum absolute atomic E-state index is 12.6. The zero-order valence-electron chi connectivity index (χ0n) is 12.8. The van der Waals surface area contributed by atoms with Gasteiger partial charge in [-0.1, -0.05) is 25.0 Å². The van der Waals surface area contributed by atoms with Gasteiger partial charge in [0.1, 0.15) is 0 Å². The molecule has 3 unspecified atom stereocenters. The van der Waals surface area contributed by atoms with Crippen LogP contribution in [0.5, 0.6) is 0 Å². The number of ketones is 2. The number of Topliss-reactive ketones (excluding diaryl/α,β-unsaturated/α-hetero) is 1. The summed E-state index contributed by atoms with van der Waals surface area (Å²) in [7, 11) is 0. The molecule has 0 aromatic carbocycles. The van der Waals surface area contributed by atoms with Crippen molar-refractivity contribution in [2.75, 3.05) is 0 Å². The van der Waals surface area contributed by atoms with Crippen molar-refractivity contribution in [3.63, 3.8) is 0 Å². The van der Waals surface area contributed by atoms with E-state index in [4.69, 9.17) is 0 Å². The van der Waals surface area contributed by atoms with Crippen molar-refractivity contribution in [3.8, 4) is 0 Å². The van der Waals surface area contributed by atoms with E-state index in [1.165, 1.54) is 17.2 Å². The molecular formula is C17H24O3. The predicted molar refractivity (Wildman–Crippen MR) is 78.1 cm³/mol. The van der Waals surface area contributed by atoms with Gasteiger partial charge in [0.25, 0.3) is 0 Å². The summed E-state index contributed by atoms with van der Waals surface area (Å²) < 4.78 is 0. The second kappa shape index (κ2) is 5.65. The lowest BCUT2D eigenvalue weighted by Crippen LogP contribution is -2.40. The molecule has 0 fully saturated rings. The molecule has 0 radical (unpaired) electrons. The van der Waals surface area contributed by atoms with Crippen LogP contribution in [0.4, 0.5) is 0 Å². The smallest absolute Gasteiger partial charge is 0.165 e. The van der Waals surface area contributed by atoms with Gasteiger partial charge in [-0.15, -0.1) is 0 Å². The van der Waals surface area contributed by atoms with Crippen molar-refractivity contribution in [2.45, 2.75) is 53.1 Å². The summed E-state index contributed by atoms with van der Waals surface area (Å²) in [4.78, 5) is 24.8. The van der Waals surface area contributed by atoms with Crippen LogP contribution in [0.25, 0.3) is 0 Å². The van der Waals surface area contributed by atoms with Crippen LogP contribution in [0.3, 0.4) is 0 Å². The van der Waals surface area contributed by atoms with Gasteiger partial charge >= 0.3 is 0 Å². The predicted octanol–water partition coefficient (Wildman–Crippen LogP) is 2.83. The molecule has 2 rings (SSSR count). The van der Waals surface area contributed by atoms with Crippen molar-refractivity contribution in [1.29, 1.82) is 0 Å². The van der Waals surface area contributed by atoms with Crippen molar-refractivity contribution in [2.24, 2.45) is 17.8 Å². The molecule has 3 atom stereocenters. The molecule has 0 saturated heterocycles. The van der Waals surface area contributed by atoms with Crippen LogP contribution < -0.4 is 0 Å². The van der Waals surface area contributed by atoms with E-state index in [2.05, 4.69) is 0 Å². The fourth-order valence-electron chi connectivity index (χ4n) is 3.25. The highest BCUT2D eigenvalue weighted by atomic mass is 16.3. The van der Waals surface area contributed by atoms with E-state index >= 15 is 0 Å². The van der Waals surface area contributed by atoms with Crippen LogP contribution in [0.15, 0.2) is 22.8 Å². The Morgan fingerprint density at radius 2 is 1.70 bits per heavy atom. The minimum Gasteiger partial charge on any atom is -0.388 e. The topological polar surface area (TPSA) is 54.4 Å². The number of allylic oxidation sites excluding steroid dienone is 3. The highest BCUT2D eigenvalue weighted by molar-refractivity contribution is 6.11. The third-order valence-electron chi connectivity index (χ3n) is 4.60. The van der Waals surface area contributed by atoms with Crippen LogP contribution in [-0.2, 0) is 9.59 Å². The number of carbonyl (C=O) groups excluding carboxylic acids is 2. The lowest BCUT2D eigenvalue weighted by Gasteiger charge is -2.35. The van der Waals surface area contributed by atoms with Gasteiger partial charge in [-0.05, 0) is 45.1 Å². The maximum atomic E-state index is 12.6. The monoisotopic (exact) mass is 276 g/mol. The van der Waals surface area contributed by atoms with E-state index in [1.807, 2.05) is 27.7 Å². The van der Waals surface area contributed by atoms with Crippen LogP contribution in [-0.4, -0.2) is 22.8 Å². The number of carbonyl (C=O) groups is 2. The summed E-state index contributed by atoms with van der Waals surface area (Å²) in [5, 5.41) is 10.2. The first-order valence-electron chi connectivity index (χ1n) is 7.44. The van der Waals surface area contributed by atoms with E-state index in [9.17, 15) is 14.7 Å². The van der Waals surface area contributed by atoms with Gasteiger partial charge in [0.2, 0.25) is 0 Å². The Balaban J connectivity index is 2.26. The SMILES string of the molecule is CC1=C(C)CC2C(=O)C(C(O)CC(C)C)=CC(=O)C2C1. The molecule has 0 aliphatic heterocycles. The van der Waals surface area contributed by atoms with Crippen LogP contribution in [0, 0.1) is 17.8 Å². The molecule has 2 aliphatic carbocycles. The maximum Gasteiger partial charge on any atom is 0.165 e. The number of hydrogen-bond donors (Lipinski definition) is 1. The molecule has 0 aromatic rings. The normalized spacial score (nSPS) is 28.6. The fraction of sp³-hybridized carbons (Fsp3) is 0.647. The van der Waals surface area contributed by atoms with E-state index in [0.29, 0.717) is 30.8 Å². The molecular weight excluding hydrogens is 252 g/mol. The first-order chi connectivity index (χ1) is 9.31. The molecule has 0 amide bonds. The molecule has 1 N–H and O–H groups in total. The fourth-order valence-corrected chi connectivity index (χ4v) is 3.25. The van der Waals surface area contributed by atoms with Crippen molar-refractivity contribution >= 4 is 11.6 Å². The second-order valence-corrected chi connectivity index (χ2v) is 6.69. The van der Waals surface area contributed by atoms with Gasteiger partial charge in [0.15, 0.2) is 11.6 Å². The lowest BCUT2D eigenvalue weighted by atomic mass is 9.67. The molecule has 0 spiro atoms. The van der Waals surface area contributed by atoms with E-state index in [0.717, 1.165) is 0 Å². The molecule has 3 heteroatoms. The minimum atomic E-state index is -0.806. The summed E-state index contributed by atoms with van der Waals surface area (Å²) in [6, 6.07) is 0. The zero-order valence-corrected chi connectivity index (χ0v) is 12.8. The van der Waals surface area contributed by atoms with Crippen LogP contribution in [0.2, 0.25) is 0 Å². The Labute approximate surface area is 120 Å². The summed E-state index contributed by atoms with van der Waals surface area (Å²) >= 11 is 0. The van der Waals surface area contributed by atoms with Gasteiger partial charge in [-0.25, -0.2) is 0 Å². The quantitative estimate of drug-likeness (QED) is 0.806. The molecule has 110 valence electrons. The number of aliphatic hydroxyl groups excluding tert-OH is 1. The number of aliphatic hydroxyl groups is 1. The van der Waals surface area contributed by atoms with E-state index in [1.54, 1.807) is 0 Å². The molecule has 20 heavy (non-hydrogen) atoms. The standard InChI is InChI=1S/C17H24O3/c1-9(2)5-15(18)14-8-16(19)12-6-10(3)11(4)7-13(12)17(14)20/h8-9,12-13,15,18H,5-7H2,1-4H3. The average molecular weight is 276 g/mol. The van der Waals surface area contributed by atoms with Gasteiger partial charge in [-0.3, -0.25) is 9.59 Å². The van der Waals surface area contributed by atoms with E-state index in [-0.39, 0.29) is 23.4 Å². The Morgan fingerprint density at radius 3 is 2.25 bits per heavy atom. The third kappa shape index (κ3) is 2.78. The second-order valence-electron chi connectivity index (χ2n) is 6.69. The van der Waals surface area contributed by atoms with Gasteiger partial charge in [-0.2, -0.15) is 0 Å². The highest BCUT2D eigenvalue weighted by Crippen LogP contribution is 2.40. The first-order valence-corrected chi connectivity index (χ1v) is 7.44. The molecule has 0 saturated carbocycles. The van der Waals surface area contributed by atoms with Crippen LogP contribution >= 0.6 is 0 Å². The molecule has 0 aromatic heterocycles. The number of rotatable bonds is 3. The lowest BCUT2D eigenvalue weighted by molar-refractivity contribution is -0.131. The number of fused-ring (bicyclic) bond motifs is 1. The summed E-state index contributed by atoms with van der Waals surface area (Å²) in [5.74, 6) is -0.176. The average Bonchev–Trinajstić information content (AvgIpc) is 2.35. The zero-order chi connectivity index (χ0) is 15.0. The Kier molecular flexibility index (Phi) is 4.28.